The zero-order valence-corrected chi connectivity index (χ0v) is 60.6. The SMILES string of the molecule is CCOC(=O)C1(C(=O)OCC)Cc2cccc(c2)C(=O)Nc2ccccc2[C+]2c3ccc([nH]3)[C+](c3ccc([nH]3)[C+]3c4ccc([nH]4)[C+](c4ccc2[nH]4)c2ccccc2NC(=O)c2cccc(c2)CC(C(=O)OCC)(C(=O)OCC)Cc2cccc(c2)C(=O)Nc2ccccc23)c2ccccc2NC(=O)c2cccc(c2)C1. The smallest absolute Gasteiger partial charge is 0.324 e. The Morgan fingerprint density at radius 2 is 0.482 bits per heavy atom. The maximum absolute atomic E-state index is 15.2. The molecule has 0 fully saturated rings. The predicted molar refractivity (Wildman–Crippen MR) is 415 cm³/mol. The fraction of sp³-hybridized carbons (Fsp3) is 0.156. The van der Waals surface area contributed by atoms with E-state index >= 15 is 19.2 Å². The summed E-state index contributed by atoms with van der Waals surface area (Å²) < 4.78 is 22.9. The lowest BCUT2D eigenvalue weighted by Crippen LogP contribution is -2.46. The second kappa shape index (κ2) is 30.5. The fourth-order valence-electron chi connectivity index (χ4n) is 15.1. The molecule has 0 spiro atoms. The quantitative estimate of drug-likeness (QED) is 0.0305. The highest BCUT2D eigenvalue weighted by molar-refractivity contribution is 6.09. The highest BCUT2D eigenvalue weighted by atomic mass is 16.6. The molecule has 0 saturated heterocycles. The van der Waals surface area contributed by atoms with E-state index in [0.717, 1.165) is 0 Å². The molecule has 3 aliphatic heterocycles. The molecular weight excluding hydrogens is 1390 g/mol. The van der Waals surface area contributed by atoms with Crippen LogP contribution in [0.15, 0.2) is 243 Å². The van der Waals surface area contributed by atoms with E-state index in [1.807, 2.05) is 121 Å². The summed E-state index contributed by atoms with van der Waals surface area (Å²) in [6, 6.07) is 72.1. The monoisotopic (exact) mass is 1460 g/mol. The Kier molecular flexibility index (Phi) is 19.9. The average molecular weight is 1460 g/mol. The van der Waals surface area contributed by atoms with Crippen LogP contribution in [0.5, 0.6) is 0 Å². The van der Waals surface area contributed by atoms with Crippen LogP contribution in [-0.4, -0.2) is 93.9 Å². The van der Waals surface area contributed by atoms with E-state index in [0.29, 0.717) is 136 Å². The van der Waals surface area contributed by atoms with E-state index in [9.17, 15) is 19.2 Å². The largest absolute Gasteiger partial charge is 0.465 e. The second-order valence-corrected chi connectivity index (χ2v) is 27.2. The normalized spacial score (nSPS) is 14.6. The third-order valence-corrected chi connectivity index (χ3v) is 20.1. The lowest BCUT2D eigenvalue weighted by Gasteiger charge is -2.30. The Balaban J connectivity index is 0.960. The summed E-state index contributed by atoms with van der Waals surface area (Å²) in [5.74, 6) is -2.94. The molecule has 0 radical (unpaired) electrons. The number of hydrogen-bond acceptors (Lipinski definition) is 12. The van der Waals surface area contributed by atoms with Crippen LogP contribution in [-0.2, 0) is 63.8 Å². The van der Waals surface area contributed by atoms with Crippen molar-refractivity contribution >= 4 is 70.3 Å². The molecule has 0 unspecified atom stereocenters. The van der Waals surface area contributed by atoms with Gasteiger partial charge in [0.05, 0.1) is 75.0 Å². The van der Waals surface area contributed by atoms with Gasteiger partial charge in [0.2, 0.25) is 0 Å². The lowest BCUT2D eigenvalue weighted by molar-refractivity contribution is -0.173. The predicted octanol–water partition coefficient (Wildman–Crippen LogP) is 14.8. The number of para-hydroxylation sites is 4. The Hall–Kier alpha value is -13.9. The highest BCUT2D eigenvalue weighted by Gasteiger charge is 2.51. The number of amides is 4. The molecule has 20 heteroatoms. The number of ether oxygens (including phenoxy) is 4. The molecule has 4 amide bonds. The molecule has 0 saturated carbocycles. The molecule has 110 heavy (non-hydrogen) atoms. The van der Waals surface area contributed by atoms with Crippen LogP contribution in [0.3, 0.4) is 0 Å². The van der Waals surface area contributed by atoms with Crippen LogP contribution in [0.4, 0.5) is 22.7 Å². The summed E-state index contributed by atoms with van der Waals surface area (Å²) >= 11 is 0. The van der Waals surface area contributed by atoms with Gasteiger partial charge in [-0.2, -0.15) is 0 Å². The van der Waals surface area contributed by atoms with Crippen molar-refractivity contribution in [2.24, 2.45) is 10.8 Å². The summed E-state index contributed by atoms with van der Waals surface area (Å²) in [5, 5.41) is 12.9. The first-order valence-corrected chi connectivity index (χ1v) is 36.5. The molecule has 12 aromatic rings. The van der Waals surface area contributed by atoms with Crippen molar-refractivity contribution < 1.29 is 57.3 Å². The number of fused-ring (bicyclic) bond motifs is 24. The minimum absolute atomic E-state index is 0.0505. The summed E-state index contributed by atoms with van der Waals surface area (Å²) in [6.07, 6.45) is -0.951. The molecular formula is C90H76N8O12+4. The number of aromatic amines is 4. The average Bonchev–Trinajstić information content (AvgIpc) is 1.15. The molecule has 7 heterocycles. The van der Waals surface area contributed by atoms with Gasteiger partial charge in [0, 0.05) is 46.5 Å². The van der Waals surface area contributed by atoms with Gasteiger partial charge in [-0.05, 0) is 197 Å². The van der Waals surface area contributed by atoms with Gasteiger partial charge >= 0.3 is 23.9 Å². The summed E-state index contributed by atoms with van der Waals surface area (Å²) in [4.78, 5) is 135. The molecule has 4 aromatic heterocycles. The van der Waals surface area contributed by atoms with Crippen LogP contribution in [0.25, 0.3) is 0 Å². The van der Waals surface area contributed by atoms with Crippen molar-refractivity contribution in [2.45, 2.75) is 53.4 Å². The number of rotatable bonds is 8. The van der Waals surface area contributed by atoms with Crippen molar-refractivity contribution in [1.29, 1.82) is 0 Å². The molecule has 544 valence electrons. The number of carbonyl (C=O) groups is 8. The lowest BCUT2D eigenvalue weighted by atomic mass is 9.76. The number of anilines is 4. The van der Waals surface area contributed by atoms with E-state index in [1.165, 1.54) is 0 Å². The van der Waals surface area contributed by atoms with Crippen LogP contribution in [0.2, 0.25) is 0 Å². The Morgan fingerprint density at radius 3 is 0.682 bits per heavy atom. The molecule has 3 aliphatic rings. The zero-order chi connectivity index (χ0) is 76.2. The van der Waals surface area contributed by atoms with Crippen molar-refractivity contribution in [1.82, 2.24) is 19.9 Å². The van der Waals surface area contributed by atoms with Crippen LogP contribution >= 0.6 is 0 Å². The van der Waals surface area contributed by atoms with Crippen molar-refractivity contribution in [3.8, 4) is 0 Å². The topological polar surface area (TPSA) is 285 Å². The van der Waals surface area contributed by atoms with E-state index in [4.69, 9.17) is 18.9 Å². The summed E-state index contributed by atoms with van der Waals surface area (Å²) in [5.41, 5.74) is 7.33. The minimum Gasteiger partial charge on any atom is -0.465 e. The van der Waals surface area contributed by atoms with Gasteiger partial charge in [-0.15, -0.1) is 0 Å². The number of esters is 4. The number of H-pyrrole nitrogens is 4. The first-order valence-electron chi connectivity index (χ1n) is 36.5. The number of nitrogens with one attached hydrogen (secondary N) is 8. The van der Waals surface area contributed by atoms with Crippen molar-refractivity contribution in [3.05, 3.63) is 379 Å². The van der Waals surface area contributed by atoms with Crippen LogP contribution in [0.1, 0.15) is 159 Å². The third kappa shape index (κ3) is 13.9. The summed E-state index contributed by atoms with van der Waals surface area (Å²) in [6.45, 7) is 6.40. The maximum Gasteiger partial charge on any atom is 0.324 e. The Morgan fingerprint density at radius 1 is 0.282 bits per heavy atom. The standard InChI is InChI=1S/C90H72N8O12/c1-5-107-85(103)89(86(104)108-6-2)49-53-21-17-25-57(45-53)81(99)95-65-33-13-9-29-61(65)77-69-37-38-70(91-69)78(62-30-10-14-34-66(62)96-82(100)58-26-18-22-54(46-58)50-89)74-42-44-76(94-74)80-64-32-12-16-36-68(64)98-84(102)60-28-20-24-56(48-60)52-90(87(105)109-7-3,88(106)110-8-4)51-55-23-19-27-59(47-55)83(101)97-67-35-15-11-31-63(67)79(71-39-40-72(80)92-71)75-43-41-73(77)93-75/h9-48,91-94H,5-8,49-52H2,1-4H3/p+4. The van der Waals surface area contributed by atoms with Gasteiger partial charge in [-0.3, -0.25) is 59.6 Å². The third-order valence-electron chi connectivity index (χ3n) is 20.1. The molecule has 8 N–H and O–H groups in total. The van der Waals surface area contributed by atoms with E-state index in [2.05, 4.69) is 41.2 Å². The molecule has 0 atom stereocenters. The molecule has 0 aliphatic carbocycles. The Labute approximate surface area is 634 Å². The fourth-order valence-corrected chi connectivity index (χ4v) is 15.1. The first kappa shape index (κ1) is 71.7. The van der Waals surface area contributed by atoms with Crippen molar-refractivity contribution in [3.63, 3.8) is 0 Å². The minimum atomic E-state index is -1.98. The highest BCUT2D eigenvalue weighted by Crippen LogP contribution is 2.46. The number of carbonyl (C=O) groups excluding carboxylic acids is 8. The maximum atomic E-state index is 15.2. The zero-order valence-electron chi connectivity index (χ0n) is 60.6. The van der Waals surface area contributed by atoms with E-state index in [-0.39, 0.29) is 74.4 Å². The summed E-state index contributed by atoms with van der Waals surface area (Å²) in [7, 11) is 0. The van der Waals surface area contributed by atoms with Gasteiger partial charge in [-0.25, -0.2) is 0 Å². The number of hydrogen-bond donors (Lipinski definition) is 8. The first-order chi connectivity index (χ1) is 53.5. The van der Waals surface area contributed by atoms with E-state index < -0.39 is 58.3 Å². The number of aromatic nitrogens is 4. The van der Waals surface area contributed by atoms with Crippen LogP contribution < -0.4 is 21.3 Å². The van der Waals surface area contributed by atoms with Gasteiger partial charge in [0.15, 0.2) is 10.8 Å². The van der Waals surface area contributed by atoms with Crippen LogP contribution in [0, 0.1) is 34.5 Å². The molecule has 8 aromatic carbocycles. The van der Waals surface area contributed by atoms with Gasteiger partial charge in [0.25, 0.3) is 23.6 Å². The molecule has 15 rings (SSSR count). The van der Waals surface area contributed by atoms with Crippen molar-refractivity contribution in [2.75, 3.05) is 47.7 Å². The van der Waals surface area contributed by atoms with Gasteiger partial charge < -0.3 is 38.9 Å². The Bertz CT molecular complexity index is 4900. The second-order valence-electron chi connectivity index (χ2n) is 27.2. The van der Waals surface area contributed by atoms with Gasteiger partial charge in [-0.1, -0.05) is 48.5 Å². The molecule has 20 bridgehead atoms. The van der Waals surface area contributed by atoms with E-state index in [1.54, 1.807) is 149 Å². The van der Waals surface area contributed by atoms with Gasteiger partial charge in [0.1, 0.15) is 114 Å². The number of benzene rings is 8. The molecule has 20 nitrogen and oxygen atoms in total.